The van der Waals surface area contributed by atoms with Crippen LogP contribution in [0.2, 0.25) is 0 Å². The first-order valence-electron chi connectivity index (χ1n) is 23.3. The van der Waals surface area contributed by atoms with Gasteiger partial charge in [-0.15, -0.1) is 0 Å². The minimum absolute atomic E-state index is 0.165. The van der Waals surface area contributed by atoms with E-state index in [-0.39, 0.29) is 5.41 Å². The van der Waals surface area contributed by atoms with Gasteiger partial charge in [0.25, 0.3) is 0 Å². The third kappa shape index (κ3) is 6.18. The number of rotatable bonds is 7. The minimum atomic E-state index is -0.165. The first kappa shape index (κ1) is 39.0. The summed E-state index contributed by atoms with van der Waals surface area (Å²) in [6.45, 7) is 4.76. The molecular formula is C65H46N2. The fourth-order valence-corrected chi connectivity index (χ4v) is 11.3. The van der Waals surface area contributed by atoms with Crippen LogP contribution in [-0.4, -0.2) is 4.57 Å². The molecule has 1 heterocycles. The van der Waals surface area contributed by atoms with Crippen LogP contribution in [0.15, 0.2) is 243 Å². The Kier molecular flexibility index (Phi) is 8.91. The van der Waals surface area contributed by atoms with Crippen LogP contribution in [0.25, 0.3) is 93.5 Å². The van der Waals surface area contributed by atoms with Crippen molar-refractivity contribution in [3.8, 4) is 50.2 Å². The Morgan fingerprint density at radius 3 is 1.72 bits per heavy atom. The molecule has 0 atom stereocenters. The molecule has 0 amide bonds. The molecule has 0 spiro atoms. The Balaban J connectivity index is 0.951. The molecule has 2 heteroatoms. The topological polar surface area (TPSA) is 8.17 Å². The maximum Gasteiger partial charge on any atom is 0.0541 e. The molecule has 12 aromatic rings. The van der Waals surface area contributed by atoms with Crippen molar-refractivity contribution in [3.05, 3.63) is 254 Å². The van der Waals surface area contributed by atoms with Crippen molar-refractivity contribution >= 4 is 60.4 Å². The van der Waals surface area contributed by atoms with Crippen LogP contribution < -0.4 is 4.90 Å². The second kappa shape index (κ2) is 15.3. The summed E-state index contributed by atoms with van der Waals surface area (Å²) in [5, 5.41) is 7.57. The van der Waals surface area contributed by atoms with E-state index in [1.807, 2.05) is 0 Å². The van der Waals surface area contributed by atoms with E-state index < -0.39 is 0 Å². The molecule has 1 aliphatic rings. The van der Waals surface area contributed by atoms with E-state index in [4.69, 9.17) is 0 Å². The molecule has 0 N–H and O–H groups in total. The fourth-order valence-electron chi connectivity index (χ4n) is 11.3. The molecule has 11 aromatic carbocycles. The third-order valence-electron chi connectivity index (χ3n) is 14.4. The Morgan fingerprint density at radius 1 is 0.343 bits per heavy atom. The number of benzene rings is 11. The van der Waals surface area contributed by atoms with Crippen molar-refractivity contribution in [2.24, 2.45) is 0 Å². The maximum absolute atomic E-state index is 2.45. The molecular weight excluding hydrogens is 809 g/mol. The first-order valence-corrected chi connectivity index (χ1v) is 23.3. The molecule has 0 aliphatic heterocycles. The summed E-state index contributed by atoms with van der Waals surface area (Å²) in [6, 6.07) is 89.4. The Labute approximate surface area is 391 Å². The van der Waals surface area contributed by atoms with Gasteiger partial charge in [-0.1, -0.05) is 196 Å². The molecule has 13 rings (SSSR count). The summed E-state index contributed by atoms with van der Waals surface area (Å²) in [4.78, 5) is 2.45. The normalized spacial score (nSPS) is 12.7. The van der Waals surface area contributed by atoms with E-state index in [1.165, 1.54) is 105 Å². The van der Waals surface area contributed by atoms with Gasteiger partial charge in [-0.3, -0.25) is 0 Å². The molecule has 0 saturated carbocycles. The molecule has 0 unspecified atom stereocenters. The van der Waals surface area contributed by atoms with Gasteiger partial charge in [0.05, 0.1) is 16.7 Å². The molecule has 2 nitrogen and oxygen atoms in total. The van der Waals surface area contributed by atoms with Gasteiger partial charge >= 0.3 is 0 Å². The molecule has 0 bridgehead atoms. The summed E-state index contributed by atoms with van der Waals surface area (Å²) >= 11 is 0. The van der Waals surface area contributed by atoms with Crippen molar-refractivity contribution in [1.29, 1.82) is 0 Å². The highest BCUT2D eigenvalue weighted by atomic mass is 15.1. The lowest BCUT2D eigenvalue weighted by molar-refractivity contribution is 0.662. The number of hydrogen-bond donors (Lipinski definition) is 0. The molecule has 1 aliphatic carbocycles. The molecule has 0 radical (unpaired) electrons. The van der Waals surface area contributed by atoms with Crippen molar-refractivity contribution in [2.45, 2.75) is 19.3 Å². The quantitative estimate of drug-likeness (QED) is 0.145. The maximum atomic E-state index is 2.45. The second-order valence-electron chi connectivity index (χ2n) is 18.5. The van der Waals surface area contributed by atoms with E-state index in [9.17, 15) is 0 Å². The summed E-state index contributed by atoms with van der Waals surface area (Å²) in [7, 11) is 0. The lowest BCUT2D eigenvalue weighted by Gasteiger charge is -2.30. The number of anilines is 3. The number of para-hydroxylation sites is 3. The van der Waals surface area contributed by atoms with Crippen LogP contribution in [0.5, 0.6) is 0 Å². The average molecular weight is 855 g/mol. The van der Waals surface area contributed by atoms with Crippen LogP contribution in [0.3, 0.4) is 0 Å². The van der Waals surface area contributed by atoms with Crippen LogP contribution in [0.4, 0.5) is 17.1 Å². The summed E-state index contributed by atoms with van der Waals surface area (Å²) < 4.78 is 2.38. The summed E-state index contributed by atoms with van der Waals surface area (Å²) in [6.07, 6.45) is 0. The SMILES string of the molecule is CC1(C)c2ccccc2-c2cccc(-c3ccccc3N(c3ccc(-c4ccc5c(c4)c4ccccc4n5-c4ccccc4)cc3)c3ccc(-c4cccc5c4ccc4ccccc45)cc3)c21. The van der Waals surface area contributed by atoms with Crippen molar-refractivity contribution in [2.75, 3.05) is 4.90 Å². The Hall–Kier alpha value is -8.46. The van der Waals surface area contributed by atoms with Gasteiger partial charge in [-0.05, 0) is 132 Å². The predicted molar refractivity (Wildman–Crippen MR) is 284 cm³/mol. The summed E-state index contributed by atoms with van der Waals surface area (Å²) in [5.41, 5.74) is 19.4. The largest absolute Gasteiger partial charge is 0.310 e. The lowest BCUT2D eigenvalue weighted by atomic mass is 9.78. The Morgan fingerprint density at radius 2 is 0.910 bits per heavy atom. The van der Waals surface area contributed by atoms with E-state index in [0.29, 0.717) is 0 Å². The van der Waals surface area contributed by atoms with Crippen LogP contribution >= 0.6 is 0 Å². The van der Waals surface area contributed by atoms with E-state index in [0.717, 1.165) is 17.1 Å². The molecule has 67 heavy (non-hydrogen) atoms. The molecule has 0 saturated heterocycles. The van der Waals surface area contributed by atoms with Gasteiger partial charge in [-0.2, -0.15) is 0 Å². The van der Waals surface area contributed by atoms with Gasteiger partial charge in [0, 0.05) is 38.8 Å². The van der Waals surface area contributed by atoms with Gasteiger partial charge < -0.3 is 9.47 Å². The highest BCUT2D eigenvalue weighted by Crippen LogP contribution is 2.54. The molecule has 316 valence electrons. The van der Waals surface area contributed by atoms with Crippen LogP contribution in [0, 0.1) is 0 Å². The van der Waals surface area contributed by atoms with Crippen molar-refractivity contribution in [3.63, 3.8) is 0 Å². The number of hydrogen-bond acceptors (Lipinski definition) is 1. The summed E-state index contributed by atoms with van der Waals surface area (Å²) in [5.74, 6) is 0. The number of nitrogens with zero attached hydrogens (tertiary/aromatic N) is 2. The van der Waals surface area contributed by atoms with Gasteiger partial charge in [-0.25, -0.2) is 0 Å². The highest BCUT2D eigenvalue weighted by molar-refractivity contribution is 6.13. The van der Waals surface area contributed by atoms with Crippen LogP contribution in [-0.2, 0) is 5.41 Å². The standard InChI is InChI=1S/C65H46N2/c1-65(2)60-27-11-8-20-54(60)57-25-15-26-58(64(57)65)55-21-9-12-28-61(55)66(49-38-32-45(33-39-49)51-23-14-24-52-50-19-7-6-16-44(50)34-40-53(51)52)48-36-30-43(31-37-48)46-35-41-63-59(42-46)56-22-10-13-29-62(56)67(63)47-17-4-3-5-18-47/h3-42H,1-2H3. The average Bonchev–Trinajstić information content (AvgIpc) is 3.85. The van der Waals surface area contributed by atoms with E-state index >= 15 is 0 Å². The minimum Gasteiger partial charge on any atom is -0.310 e. The lowest BCUT2D eigenvalue weighted by Crippen LogP contribution is -2.17. The zero-order valence-electron chi connectivity index (χ0n) is 37.5. The van der Waals surface area contributed by atoms with E-state index in [2.05, 4.69) is 266 Å². The van der Waals surface area contributed by atoms with Crippen molar-refractivity contribution < 1.29 is 0 Å². The van der Waals surface area contributed by atoms with Crippen LogP contribution in [0.1, 0.15) is 25.0 Å². The smallest absolute Gasteiger partial charge is 0.0541 e. The third-order valence-corrected chi connectivity index (χ3v) is 14.4. The molecule has 1 aromatic heterocycles. The molecule has 0 fully saturated rings. The zero-order valence-corrected chi connectivity index (χ0v) is 37.5. The predicted octanol–water partition coefficient (Wildman–Crippen LogP) is 17.9. The number of fused-ring (bicyclic) bond motifs is 9. The number of aromatic nitrogens is 1. The van der Waals surface area contributed by atoms with E-state index in [1.54, 1.807) is 0 Å². The second-order valence-corrected chi connectivity index (χ2v) is 18.5. The first-order chi connectivity index (χ1) is 33.0. The highest BCUT2D eigenvalue weighted by Gasteiger charge is 2.38. The van der Waals surface area contributed by atoms with Crippen molar-refractivity contribution in [1.82, 2.24) is 4.57 Å². The Bertz CT molecular complexity index is 3870. The van der Waals surface area contributed by atoms with Gasteiger partial charge in [0.2, 0.25) is 0 Å². The fraction of sp³-hybridized carbons (Fsp3) is 0.0462. The van der Waals surface area contributed by atoms with Gasteiger partial charge in [0.15, 0.2) is 0 Å². The monoisotopic (exact) mass is 854 g/mol. The van der Waals surface area contributed by atoms with Gasteiger partial charge in [0.1, 0.15) is 0 Å². The zero-order chi connectivity index (χ0) is 44.6.